The molecule has 22 heavy (non-hydrogen) atoms. The lowest BCUT2D eigenvalue weighted by atomic mass is 9.92. The third-order valence-electron chi connectivity index (χ3n) is 4.99. The zero-order valence-electron chi connectivity index (χ0n) is 14.0. The highest BCUT2D eigenvalue weighted by Crippen LogP contribution is 2.26. The predicted octanol–water partition coefficient (Wildman–Crippen LogP) is 1.30. The van der Waals surface area contributed by atoms with E-state index in [4.69, 9.17) is 0 Å². The first-order valence-electron chi connectivity index (χ1n) is 8.28. The number of carbonyl (C=O) groups excluding carboxylic acids is 1. The number of amides is 1. The number of hydrogen-bond donors (Lipinski definition) is 0. The fourth-order valence-corrected chi connectivity index (χ4v) is 4.71. The van der Waals surface area contributed by atoms with Gasteiger partial charge in [-0.2, -0.15) is 17.0 Å². The molecule has 1 aliphatic heterocycles. The monoisotopic (exact) mass is 331 g/mol. The Kier molecular flexibility index (Phi) is 5.85. The summed E-state index contributed by atoms with van der Waals surface area (Å²) in [6.45, 7) is 0.827. The van der Waals surface area contributed by atoms with Crippen molar-refractivity contribution in [2.24, 2.45) is 5.92 Å². The van der Waals surface area contributed by atoms with Crippen LogP contribution in [-0.4, -0.2) is 68.1 Å². The van der Waals surface area contributed by atoms with Crippen LogP contribution in [0, 0.1) is 5.92 Å². The van der Waals surface area contributed by atoms with Crippen molar-refractivity contribution in [3.8, 4) is 0 Å². The van der Waals surface area contributed by atoms with Crippen LogP contribution in [0.15, 0.2) is 0 Å². The van der Waals surface area contributed by atoms with Gasteiger partial charge in [-0.05, 0) is 25.7 Å². The molecule has 0 spiro atoms. The number of hydrogen-bond acceptors (Lipinski definition) is 3. The number of rotatable bonds is 4. The van der Waals surface area contributed by atoms with Gasteiger partial charge in [0.05, 0.1) is 5.92 Å². The van der Waals surface area contributed by atoms with Crippen LogP contribution in [0.25, 0.3) is 0 Å². The van der Waals surface area contributed by atoms with Gasteiger partial charge in [-0.15, -0.1) is 0 Å². The molecule has 2 fully saturated rings. The smallest absolute Gasteiger partial charge is 0.281 e. The minimum absolute atomic E-state index is 0.116. The molecule has 1 saturated heterocycles. The van der Waals surface area contributed by atoms with Crippen molar-refractivity contribution in [2.45, 2.75) is 51.0 Å². The standard InChI is InChI=1S/C15H29N3O3S/c1-16(2)22(20,21)18-11-7-8-13(12-18)15(19)17(3)14-9-5-4-6-10-14/h13-14H,4-12H2,1-3H3/t13-/m0/s1. The lowest BCUT2D eigenvalue weighted by Gasteiger charge is -2.37. The maximum atomic E-state index is 12.7. The molecular weight excluding hydrogens is 302 g/mol. The summed E-state index contributed by atoms with van der Waals surface area (Å²) < 4.78 is 27.2. The number of piperidine rings is 1. The topological polar surface area (TPSA) is 60.9 Å². The zero-order chi connectivity index (χ0) is 16.3. The van der Waals surface area contributed by atoms with Crippen LogP contribution in [-0.2, 0) is 15.0 Å². The van der Waals surface area contributed by atoms with Gasteiger partial charge in [-0.25, -0.2) is 0 Å². The van der Waals surface area contributed by atoms with Gasteiger partial charge in [-0.1, -0.05) is 19.3 Å². The lowest BCUT2D eigenvalue weighted by Crippen LogP contribution is -2.50. The van der Waals surface area contributed by atoms with Crippen molar-refractivity contribution >= 4 is 16.1 Å². The molecule has 1 aliphatic carbocycles. The fourth-order valence-electron chi connectivity index (χ4n) is 3.52. The molecule has 0 aromatic heterocycles. The molecule has 2 aliphatic rings. The molecule has 0 radical (unpaired) electrons. The van der Waals surface area contributed by atoms with Crippen molar-refractivity contribution in [3.05, 3.63) is 0 Å². The summed E-state index contributed by atoms with van der Waals surface area (Å²) in [5.74, 6) is -0.0824. The van der Waals surface area contributed by atoms with Gasteiger partial charge >= 0.3 is 0 Å². The Morgan fingerprint density at radius 3 is 2.23 bits per heavy atom. The largest absolute Gasteiger partial charge is 0.342 e. The molecule has 1 amide bonds. The van der Waals surface area contributed by atoms with E-state index in [0.717, 1.165) is 25.7 Å². The second-order valence-electron chi connectivity index (χ2n) is 6.73. The van der Waals surface area contributed by atoms with E-state index in [1.165, 1.54) is 42.0 Å². The molecule has 0 bridgehead atoms. The van der Waals surface area contributed by atoms with Crippen molar-refractivity contribution in [1.82, 2.24) is 13.5 Å². The molecule has 0 aromatic carbocycles. The minimum atomic E-state index is -3.42. The van der Waals surface area contributed by atoms with Crippen LogP contribution in [0.1, 0.15) is 44.9 Å². The Morgan fingerprint density at radius 1 is 1.00 bits per heavy atom. The lowest BCUT2D eigenvalue weighted by molar-refractivity contribution is -0.138. The maximum absolute atomic E-state index is 12.7. The predicted molar refractivity (Wildman–Crippen MR) is 86.5 cm³/mol. The summed E-state index contributed by atoms with van der Waals surface area (Å²) in [7, 11) is 1.54. The van der Waals surface area contributed by atoms with E-state index in [1.54, 1.807) is 0 Å². The van der Waals surface area contributed by atoms with Gasteiger partial charge in [0.1, 0.15) is 0 Å². The van der Waals surface area contributed by atoms with Crippen LogP contribution in [0.2, 0.25) is 0 Å². The van der Waals surface area contributed by atoms with Gasteiger partial charge in [-0.3, -0.25) is 4.79 Å². The first kappa shape index (κ1) is 17.7. The van der Waals surface area contributed by atoms with Gasteiger partial charge < -0.3 is 4.90 Å². The molecule has 6 nitrogen and oxygen atoms in total. The molecule has 2 rings (SSSR count). The van der Waals surface area contributed by atoms with Crippen LogP contribution >= 0.6 is 0 Å². The Labute approximate surface area is 134 Å². The highest BCUT2D eigenvalue weighted by molar-refractivity contribution is 7.86. The highest BCUT2D eigenvalue weighted by atomic mass is 32.2. The Balaban J connectivity index is 2.00. The molecule has 0 aromatic rings. The van der Waals surface area contributed by atoms with E-state index in [-0.39, 0.29) is 11.8 Å². The summed E-state index contributed by atoms with van der Waals surface area (Å²) in [6, 6.07) is 0.335. The molecular formula is C15H29N3O3S. The molecule has 7 heteroatoms. The minimum Gasteiger partial charge on any atom is -0.342 e. The highest BCUT2D eigenvalue weighted by Gasteiger charge is 2.35. The van der Waals surface area contributed by atoms with Crippen LogP contribution < -0.4 is 0 Å². The van der Waals surface area contributed by atoms with E-state index in [2.05, 4.69) is 0 Å². The summed E-state index contributed by atoms with van der Waals surface area (Å²) in [6.07, 6.45) is 7.33. The quantitative estimate of drug-likeness (QED) is 0.780. The maximum Gasteiger partial charge on any atom is 0.281 e. The van der Waals surface area contributed by atoms with E-state index in [9.17, 15) is 13.2 Å². The molecule has 128 valence electrons. The molecule has 0 N–H and O–H groups in total. The summed E-state index contributed by atoms with van der Waals surface area (Å²) in [4.78, 5) is 14.6. The van der Waals surface area contributed by atoms with E-state index in [1.807, 2.05) is 11.9 Å². The average Bonchev–Trinajstić information content (AvgIpc) is 2.54. The van der Waals surface area contributed by atoms with Gasteiger partial charge in [0.15, 0.2) is 0 Å². The number of nitrogens with zero attached hydrogens (tertiary/aromatic N) is 3. The summed E-state index contributed by atoms with van der Waals surface area (Å²) >= 11 is 0. The van der Waals surface area contributed by atoms with Crippen molar-refractivity contribution in [2.75, 3.05) is 34.2 Å². The first-order valence-corrected chi connectivity index (χ1v) is 9.68. The fraction of sp³-hybridized carbons (Fsp3) is 0.933. The van der Waals surface area contributed by atoms with Crippen LogP contribution in [0.4, 0.5) is 0 Å². The second-order valence-corrected chi connectivity index (χ2v) is 8.87. The first-order chi connectivity index (χ1) is 10.3. The third kappa shape index (κ3) is 3.81. The summed E-state index contributed by atoms with van der Waals surface area (Å²) in [5, 5.41) is 0. The molecule has 0 unspecified atom stereocenters. The Bertz CT molecular complexity index is 486. The summed E-state index contributed by atoms with van der Waals surface area (Å²) in [5.41, 5.74) is 0. The SMILES string of the molecule is CN(C(=O)[C@H]1CCCN(S(=O)(=O)N(C)C)C1)C1CCCCC1. The van der Waals surface area contributed by atoms with Gasteiger partial charge in [0.2, 0.25) is 5.91 Å². The zero-order valence-corrected chi connectivity index (χ0v) is 14.8. The Morgan fingerprint density at radius 2 is 1.64 bits per heavy atom. The van der Waals surface area contributed by atoms with Crippen molar-refractivity contribution < 1.29 is 13.2 Å². The molecule has 1 atom stereocenters. The molecule has 1 saturated carbocycles. The number of carbonyl (C=O) groups is 1. The van der Waals surface area contributed by atoms with E-state index in [0.29, 0.717) is 19.1 Å². The van der Waals surface area contributed by atoms with E-state index >= 15 is 0 Å². The average molecular weight is 331 g/mol. The third-order valence-corrected chi connectivity index (χ3v) is 6.90. The van der Waals surface area contributed by atoms with Gasteiger partial charge in [0.25, 0.3) is 10.2 Å². The van der Waals surface area contributed by atoms with Crippen molar-refractivity contribution in [3.63, 3.8) is 0 Å². The second kappa shape index (κ2) is 7.27. The van der Waals surface area contributed by atoms with E-state index < -0.39 is 10.2 Å². The molecule has 1 heterocycles. The normalized spacial score (nSPS) is 25.4. The van der Waals surface area contributed by atoms with Crippen LogP contribution in [0.3, 0.4) is 0 Å². The van der Waals surface area contributed by atoms with Gasteiger partial charge in [0, 0.05) is 40.3 Å². The van der Waals surface area contributed by atoms with Crippen LogP contribution in [0.5, 0.6) is 0 Å². The Hall–Kier alpha value is -0.660. The van der Waals surface area contributed by atoms with Crippen molar-refractivity contribution in [1.29, 1.82) is 0 Å².